The third-order valence-corrected chi connectivity index (χ3v) is 6.11. The number of aromatic nitrogens is 5. The van der Waals surface area contributed by atoms with Crippen molar-refractivity contribution in [1.82, 2.24) is 34.5 Å². The average Bonchev–Trinajstić information content (AvgIpc) is 3.33. The first-order valence-electron chi connectivity index (χ1n) is 11.5. The zero-order valence-corrected chi connectivity index (χ0v) is 19.3. The lowest BCUT2D eigenvalue weighted by molar-refractivity contribution is -0.0184. The highest BCUT2D eigenvalue weighted by molar-refractivity contribution is 5.94. The number of hydrogen-bond donors (Lipinski definition) is 1. The van der Waals surface area contributed by atoms with Crippen LogP contribution in [-0.2, 0) is 13.1 Å². The molecule has 1 atom stereocenters. The van der Waals surface area contributed by atoms with Gasteiger partial charge in [0.05, 0.1) is 24.3 Å². The van der Waals surface area contributed by atoms with Gasteiger partial charge in [0.1, 0.15) is 11.9 Å². The standard InChI is InChI=1S/C26H27N7O2/c34-25(22-7-8-24(29-15-22)23-13-27-20-28-14-23)32-12-11-31(16-21-5-2-1-3-6-21)17-26(35,18-32)19-33-10-4-9-30-33/h1-10,13-15,20,35H,11-12,16-19H2/t26-/m1/s1. The van der Waals surface area contributed by atoms with Gasteiger partial charge in [-0.2, -0.15) is 5.10 Å². The van der Waals surface area contributed by atoms with E-state index in [1.54, 1.807) is 46.5 Å². The fourth-order valence-electron chi connectivity index (χ4n) is 4.49. The van der Waals surface area contributed by atoms with Crippen LogP contribution in [0, 0.1) is 0 Å². The van der Waals surface area contributed by atoms with E-state index >= 15 is 0 Å². The summed E-state index contributed by atoms with van der Waals surface area (Å²) in [5, 5.41) is 16.0. The Morgan fingerprint density at radius 2 is 1.80 bits per heavy atom. The highest BCUT2D eigenvalue weighted by Gasteiger charge is 2.37. The van der Waals surface area contributed by atoms with Gasteiger partial charge in [-0.05, 0) is 23.8 Å². The molecular formula is C26H27N7O2. The Morgan fingerprint density at radius 3 is 2.51 bits per heavy atom. The van der Waals surface area contributed by atoms with Gasteiger partial charge in [0, 0.05) is 62.7 Å². The molecule has 0 bridgehead atoms. The summed E-state index contributed by atoms with van der Waals surface area (Å²) >= 11 is 0. The summed E-state index contributed by atoms with van der Waals surface area (Å²) < 4.78 is 1.72. The monoisotopic (exact) mass is 469 g/mol. The van der Waals surface area contributed by atoms with E-state index in [9.17, 15) is 9.90 Å². The summed E-state index contributed by atoms with van der Waals surface area (Å²) in [6, 6.07) is 15.5. The number of aliphatic hydroxyl groups is 1. The zero-order valence-electron chi connectivity index (χ0n) is 19.3. The van der Waals surface area contributed by atoms with Gasteiger partial charge in [-0.1, -0.05) is 30.3 Å². The van der Waals surface area contributed by atoms with E-state index in [2.05, 4.69) is 37.1 Å². The number of amides is 1. The lowest BCUT2D eigenvalue weighted by Gasteiger charge is -2.33. The number of β-amino-alcohol motifs (C(OH)–C–C–N with tert-alkyl or cyclic N) is 1. The van der Waals surface area contributed by atoms with Gasteiger partial charge in [-0.3, -0.25) is 19.4 Å². The summed E-state index contributed by atoms with van der Waals surface area (Å²) in [5.74, 6) is -0.159. The normalized spacial score (nSPS) is 18.8. The molecule has 178 valence electrons. The minimum absolute atomic E-state index is 0.159. The predicted octanol–water partition coefficient (Wildman–Crippen LogP) is 2.12. The van der Waals surface area contributed by atoms with Crippen LogP contribution in [0.5, 0.6) is 0 Å². The number of carbonyl (C=O) groups excluding carboxylic acids is 1. The maximum atomic E-state index is 13.5. The molecule has 5 rings (SSSR count). The third-order valence-electron chi connectivity index (χ3n) is 6.11. The minimum atomic E-state index is -1.16. The number of hydrogen-bond acceptors (Lipinski definition) is 7. The molecule has 0 aliphatic carbocycles. The number of rotatable bonds is 6. The van der Waals surface area contributed by atoms with Crippen molar-refractivity contribution in [2.75, 3.05) is 26.2 Å². The van der Waals surface area contributed by atoms with Crippen LogP contribution in [0.3, 0.4) is 0 Å². The van der Waals surface area contributed by atoms with Crippen molar-refractivity contribution in [3.05, 3.63) is 97.0 Å². The van der Waals surface area contributed by atoms with E-state index in [1.165, 1.54) is 11.9 Å². The van der Waals surface area contributed by atoms with E-state index in [0.717, 1.165) is 5.56 Å². The second-order valence-electron chi connectivity index (χ2n) is 8.91. The van der Waals surface area contributed by atoms with Crippen LogP contribution in [0.15, 0.2) is 85.8 Å². The molecule has 0 spiro atoms. The topological polar surface area (TPSA) is 100 Å². The molecule has 3 aromatic heterocycles. The first kappa shape index (κ1) is 22.8. The molecule has 35 heavy (non-hydrogen) atoms. The van der Waals surface area contributed by atoms with Crippen LogP contribution < -0.4 is 0 Å². The first-order valence-corrected chi connectivity index (χ1v) is 11.5. The Morgan fingerprint density at radius 1 is 0.971 bits per heavy atom. The van der Waals surface area contributed by atoms with Gasteiger partial charge in [0.25, 0.3) is 5.91 Å². The van der Waals surface area contributed by atoms with Crippen molar-refractivity contribution in [1.29, 1.82) is 0 Å². The van der Waals surface area contributed by atoms with Gasteiger partial charge >= 0.3 is 0 Å². The van der Waals surface area contributed by atoms with Crippen LogP contribution in [0.1, 0.15) is 15.9 Å². The Balaban J connectivity index is 1.36. The van der Waals surface area contributed by atoms with Crippen molar-refractivity contribution >= 4 is 5.91 Å². The van der Waals surface area contributed by atoms with E-state index in [1.807, 2.05) is 30.5 Å². The number of nitrogens with zero attached hydrogens (tertiary/aromatic N) is 7. The fraction of sp³-hybridized carbons (Fsp3) is 0.269. The van der Waals surface area contributed by atoms with Crippen molar-refractivity contribution in [2.24, 2.45) is 0 Å². The molecule has 0 saturated carbocycles. The van der Waals surface area contributed by atoms with Crippen molar-refractivity contribution in [3.63, 3.8) is 0 Å². The largest absolute Gasteiger partial charge is 0.385 e. The summed E-state index contributed by atoms with van der Waals surface area (Å²) in [6.45, 7) is 2.76. The molecule has 1 aliphatic rings. The minimum Gasteiger partial charge on any atom is -0.385 e. The molecule has 0 radical (unpaired) electrons. The molecule has 1 saturated heterocycles. The van der Waals surface area contributed by atoms with Crippen LogP contribution in [0.4, 0.5) is 0 Å². The summed E-state index contributed by atoms with van der Waals surface area (Å²) in [5.41, 5.74) is 1.96. The SMILES string of the molecule is O=C(c1ccc(-c2cncnc2)nc1)N1CCN(Cc2ccccc2)C[C@](O)(Cn2cccn2)C1. The Hall–Kier alpha value is -3.95. The number of pyridine rings is 1. The van der Waals surface area contributed by atoms with Crippen LogP contribution in [0.2, 0.25) is 0 Å². The van der Waals surface area contributed by atoms with E-state index in [4.69, 9.17) is 0 Å². The molecule has 0 unspecified atom stereocenters. The average molecular weight is 470 g/mol. The second kappa shape index (κ2) is 10.1. The summed E-state index contributed by atoms with van der Waals surface area (Å²) in [4.78, 5) is 29.9. The van der Waals surface area contributed by atoms with Gasteiger partial charge in [-0.15, -0.1) is 0 Å². The molecule has 9 heteroatoms. The summed E-state index contributed by atoms with van der Waals surface area (Å²) in [7, 11) is 0. The molecule has 1 amide bonds. The van der Waals surface area contributed by atoms with Crippen LogP contribution in [-0.4, -0.2) is 77.3 Å². The first-order chi connectivity index (χ1) is 17.1. The van der Waals surface area contributed by atoms with Gasteiger partial charge in [0.2, 0.25) is 0 Å². The van der Waals surface area contributed by atoms with E-state index in [0.29, 0.717) is 44.0 Å². The molecular weight excluding hydrogens is 442 g/mol. The highest BCUT2D eigenvalue weighted by atomic mass is 16.3. The van der Waals surface area contributed by atoms with Crippen molar-refractivity contribution in [2.45, 2.75) is 18.7 Å². The lowest BCUT2D eigenvalue weighted by Crippen LogP contribution is -2.51. The predicted molar refractivity (Wildman–Crippen MR) is 130 cm³/mol. The quantitative estimate of drug-likeness (QED) is 0.462. The maximum Gasteiger partial charge on any atom is 0.255 e. The molecule has 1 aromatic carbocycles. The van der Waals surface area contributed by atoms with Crippen molar-refractivity contribution in [3.8, 4) is 11.3 Å². The molecule has 4 aromatic rings. The zero-order chi connectivity index (χ0) is 24.1. The van der Waals surface area contributed by atoms with Gasteiger partial charge in [0.15, 0.2) is 0 Å². The molecule has 4 heterocycles. The van der Waals surface area contributed by atoms with Crippen LogP contribution in [0.25, 0.3) is 11.3 Å². The third kappa shape index (κ3) is 5.59. The van der Waals surface area contributed by atoms with Gasteiger partial charge in [-0.25, -0.2) is 9.97 Å². The molecule has 1 aliphatic heterocycles. The molecule has 1 N–H and O–H groups in total. The molecule has 1 fully saturated rings. The number of carbonyl (C=O) groups is 1. The highest BCUT2D eigenvalue weighted by Crippen LogP contribution is 2.21. The Bertz CT molecular complexity index is 1230. The van der Waals surface area contributed by atoms with E-state index in [-0.39, 0.29) is 12.5 Å². The Kier molecular flexibility index (Phi) is 6.60. The number of benzene rings is 1. The van der Waals surface area contributed by atoms with E-state index < -0.39 is 5.60 Å². The van der Waals surface area contributed by atoms with Gasteiger partial charge < -0.3 is 10.0 Å². The molecule has 9 nitrogen and oxygen atoms in total. The second-order valence-corrected chi connectivity index (χ2v) is 8.91. The fourth-order valence-corrected chi connectivity index (χ4v) is 4.49. The Labute approximate surface area is 203 Å². The lowest BCUT2D eigenvalue weighted by atomic mass is 10.0. The smallest absolute Gasteiger partial charge is 0.255 e. The maximum absolute atomic E-state index is 13.5. The van der Waals surface area contributed by atoms with Crippen molar-refractivity contribution < 1.29 is 9.90 Å². The summed E-state index contributed by atoms with van der Waals surface area (Å²) in [6.07, 6.45) is 9.92. The van der Waals surface area contributed by atoms with Crippen LogP contribution >= 0.6 is 0 Å².